The summed E-state index contributed by atoms with van der Waals surface area (Å²) in [6.45, 7) is 4.11. The first-order valence-corrected chi connectivity index (χ1v) is 10.8. The normalized spacial score (nSPS) is 14.9. The fourth-order valence-corrected chi connectivity index (χ4v) is 3.63. The molecule has 3 rings (SSSR count). The number of nitriles is 1. The predicted molar refractivity (Wildman–Crippen MR) is 120 cm³/mol. The van der Waals surface area contributed by atoms with Gasteiger partial charge in [0.2, 0.25) is 5.91 Å². The van der Waals surface area contributed by atoms with Crippen molar-refractivity contribution in [2.45, 2.75) is 19.0 Å². The number of unbranched alkanes of at least 4 members (excludes halogenated alkanes) is 1. The number of halogens is 3. The molecule has 2 heterocycles. The zero-order chi connectivity index (χ0) is 23.7. The van der Waals surface area contributed by atoms with Crippen molar-refractivity contribution in [1.29, 1.82) is 5.26 Å². The topological polar surface area (TPSA) is 72.3 Å². The fraction of sp³-hybridized carbons (Fsp3) is 0.375. The summed E-state index contributed by atoms with van der Waals surface area (Å²) in [5.41, 5.74) is 0.514. The van der Waals surface area contributed by atoms with Crippen molar-refractivity contribution in [3.05, 3.63) is 65.5 Å². The molecule has 0 bridgehead atoms. The molecule has 6 nitrogen and oxygen atoms in total. The highest BCUT2D eigenvalue weighted by molar-refractivity contribution is 5.91. The number of hydrogen-bond donors (Lipinski definition) is 1. The number of nitrogens with one attached hydrogen (secondary N) is 1. The highest BCUT2D eigenvalue weighted by atomic mass is 19.4. The number of anilines is 1. The van der Waals surface area contributed by atoms with E-state index in [1.807, 2.05) is 17.0 Å². The van der Waals surface area contributed by atoms with Crippen LogP contribution in [0, 0.1) is 11.3 Å². The Balaban J connectivity index is 1.37. The van der Waals surface area contributed by atoms with Crippen LogP contribution >= 0.6 is 0 Å². The Morgan fingerprint density at radius 1 is 1.18 bits per heavy atom. The van der Waals surface area contributed by atoms with Crippen LogP contribution in [-0.2, 0) is 11.0 Å². The van der Waals surface area contributed by atoms with Crippen LogP contribution in [0.25, 0.3) is 6.08 Å². The van der Waals surface area contributed by atoms with Crippen LogP contribution < -0.4 is 10.2 Å². The summed E-state index contributed by atoms with van der Waals surface area (Å²) in [5.74, 6) is -0.148. The monoisotopic (exact) mass is 457 g/mol. The van der Waals surface area contributed by atoms with Crippen molar-refractivity contribution < 1.29 is 18.0 Å². The zero-order valence-electron chi connectivity index (χ0n) is 18.2. The molecule has 1 fully saturated rings. The number of amides is 1. The molecule has 0 radical (unpaired) electrons. The number of pyridine rings is 1. The lowest BCUT2D eigenvalue weighted by Crippen LogP contribution is -2.46. The van der Waals surface area contributed by atoms with Gasteiger partial charge in [-0.15, -0.1) is 0 Å². The Kier molecular flexibility index (Phi) is 8.44. The molecule has 0 aliphatic carbocycles. The lowest BCUT2D eigenvalue weighted by atomic mass is 10.1. The second-order valence-electron chi connectivity index (χ2n) is 7.82. The summed E-state index contributed by atoms with van der Waals surface area (Å²) >= 11 is 0. The van der Waals surface area contributed by atoms with Gasteiger partial charge in [-0.2, -0.15) is 18.4 Å². The number of carbonyl (C=O) groups excluding carboxylic acids is 1. The predicted octanol–water partition coefficient (Wildman–Crippen LogP) is 3.70. The van der Waals surface area contributed by atoms with Crippen LogP contribution in [0.2, 0.25) is 0 Å². The number of nitrogens with zero attached hydrogens (tertiary/aromatic N) is 4. The average molecular weight is 458 g/mol. The third kappa shape index (κ3) is 7.61. The highest BCUT2D eigenvalue weighted by Gasteiger charge is 2.32. The van der Waals surface area contributed by atoms with Crippen LogP contribution in [-0.4, -0.2) is 55.1 Å². The molecule has 1 saturated heterocycles. The van der Waals surface area contributed by atoms with E-state index < -0.39 is 11.7 Å². The van der Waals surface area contributed by atoms with Crippen LogP contribution in [0.3, 0.4) is 0 Å². The molecular weight excluding hydrogens is 431 g/mol. The van der Waals surface area contributed by atoms with Crippen molar-refractivity contribution in [1.82, 2.24) is 15.2 Å². The summed E-state index contributed by atoms with van der Waals surface area (Å²) in [5, 5.41) is 11.9. The standard InChI is InChI=1S/C24H26F3N5O/c25-24(26,27)21-14-20(17-28)15-22(16-21)32-12-10-31(11-13-32)9-2-1-8-30-23(33)6-5-19-4-3-7-29-18-19/h3-7,14-16,18H,1-2,8-13H2,(H,30,33)/b6-5-. The number of benzene rings is 1. The third-order valence-corrected chi connectivity index (χ3v) is 5.42. The smallest absolute Gasteiger partial charge is 0.369 e. The molecule has 1 N–H and O–H groups in total. The second-order valence-corrected chi connectivity index (χ2v) is 7.82. The van der Waals surface area contributed by atoms with E-state index in [0.29, 0.717) is 25.3 Å². The lowest BCUT2D eigenvalue weighted by molar-refractivity contribution is -0.137. The summed E-state index contributed by atoms with van der Waals surface area (Å²) in [7, 11) is 0. The van der Waals surface area contributed by atoms with Gasteiger partial charge in [-0.1, -0.05) is 6.07 Å². The Morgan fingerprint density at radius 2 is 1.97 bits per heavy atom. The largest absolute Gasteiger partial charge is 0.416 e. The quantitative estimate of drug-likeness (QED) is 0.484. The fourth-order valence-electron chi connectivity index (χ4n) is 3.63. The molecule has 0 unspecified atom stereocenters. The number of alkyl halides is 3. The van der Waals surface area contributed by atoms with E-state index in [1.54, 1.807) is 24.5 Å². The Labute approximate surface area is 191 Å². The van der Waals surface area contributed by atoms with Gasteiger partial charge < -0.3 is 10.2 Å². The lowest BCUT2D eigenvalue weighted by Gasteiger charge is -2.36. The zero-order valence-corrected chi connectivity index (χ0v) is 18.2. The van der Waals surface area contributed by atoms with Crippen molar-refractivity contribution in [2.75, 3.05) is 44.2 Å². The molecular formula is C24H26F3N5O. The molecule has 1 amide bonds. The molecule has 1 aromatic heterocycles. The Morgan fingerprint density at radius 3 is 2.64 bits per heavy atom. The van der Waals surface area contributed by atoms with Crippen molar-refractivity contribution in [3.63, 3.8) is 0 Å². The van der Waals surface area contributed by atoms with Crippen LogP contribution in [0.5, 0.6) is 0 Å². The Hall–Kier alpha value is -3.38. The first kappa shape index (κ1) is 24.3. The van der Waals surface area contributed by atoms with E-state index in [4.69, 9.17) is 5.26 Å². The molecule has 33 heavy (non-hydrogen) atoms. The third-order valence-electron chi connectivity index (χ3n) is 5.42. The average Bonchev–Trinajstić information content (AvgIpc) is 2.82. The molecule has 0 atom stereocenters. The molecule has 1 aliphatic rings. The maximum absolute atomic E-state index is 13.1. The second kappa shape index (κ2) is 11.5. The first-order chi connectivity index (χ1) is 15.8. The molecule has 0 saturated carbocycles. The summed E-state index contributed by atoms with van der Waals surface area (Å²) in [4.78, 5) is 20.0. The van der Waals surface area contributed by atoms with Crippen molar-refractivity contribution in [3.8, 4) is 6.07 Å². The summed E-state index contributed by atoms with van der Waals surface area (Å²) in [6, 6.07) is 9.00. The number of hydrogen-bond acceptors (Lipinski definition) is 5. The summed E-state index contributed by atoms with van der Waals surface area (Å²) < 4.78 is 39.4. The molecule has 9 heteroatoms. The first-order valence-electron chi connectivity index (χ1n) is 10.8. The molecule has 1 aromatic carbocycles. The van der Waals surface area contributed by atoms with Gasteiger partial charge in [0.05, 0.1) is 17.2 Å². The SMILES string of the molecule is N#Cc1cc(N2CCN(CCCCNC(=O)/C=C\c3cccnc3)CC2)cc(C(F)(F)F)c1. The van der Waals surface area contributed by atoms with E-state index in [-0.39, 0.29) is 11.5 Å². The van der Waals surface area contributed by atoms with Gasteiger partial charge >= 0.3 is 6.18 Å². The van der Waals surface area contributed by atoms with Gasteiger partial charge in [0.1, 0.15) is 0 Å². The van der Waals surface area contributed by atoms with E-state index in [2.05, 4.69) is 15.2 Å². The van der Waals surface area contributed by atoms with E-state index >= 15 is 0 Å². The van der Waals surface area contributed by atoms with E-state index in [1.165, 1.54) is 12.1 Å². The molecule has 0 spiro atoms. The number of piperazine rings is 1. The summed E-state index contributed by atoms with van der Waals surface area (Å²) in [6.07, 6.45) is 3.83. The van der Waals surface area contributed by atoms with Gasteiger partial charge in [0.15, 0.2) is 0 Å². The van der Waals surface area contributed by atoms with Crippen molar-refractivity contribution >= 4 is 17.7 Å². The van der Waals surface area contributed by atoms with Gasteiger partial charge in [0.25, 0.3) is 0 Å². The van der Waals surface area contributed by atoms with Crippen molar-refractivity contribution in [2.24, 2.45) is 0 Å². The van der Waals surface area contributed by atoms with E-state index in [0.717, 1.165) is 50.2 Å². The minimum Gasteiger partial charge on any atom is -0.369 e. The van der Waals surface area contributed by atoms with Crippen LogP contribution in [0.4, 0.5) is 18.9 Å². The maximum Gasteiger partial charge on any atom is 0.416 e. The van der Waals surface area contributed by atoms with Gasteiger partial charge in [-0.25, -0.2) is 0 Å². The van der Waals surface area contributed by atoms with Gasteiger partial charge in [0, 0.05) is 56.9 Å². The van der Waals surface area contributed by atoms with Crippen LogP contribution in [0.15, 0.2) is 48.8 Å². The Bertz CT molecular complexity index is 993. The number of rotatable bonds is 8. The van der Waals surface area contributed by atoms with Gasteiger partial charge in [-0.05, 0) is 55.3 Å². The molecule has 1 aliphatic heterocycles. The molecule has 2 aromatic rings. The highest BCUT2D eigenvalue weighted by Crippen LogP contribution is 2.33. The minimum absolute atomic E-state index is 0.0135. The molecule has 174 valence electrons. The van der Waals surface area contributed by atoms with Gasteiger partial charge in [-0.3, -0.25) is 14.7 Å². The maximum atomic E-state index is 13.1. The number of aromatic nitrogens is 1. The van der Waals surface area contributed by atoms with E-state index in [9.17, 15) is 18.0 Å². The number of carbonyl (C=O) groups is 1. The minimum atomic E-state index is -4.48. The van der Waals surface area contributed by atoms with Crippen LogP contribution in [0.1, 0.15) is 29.5 Å².